The molecule has 1 aliphatic rings. The highest BCUT2D eigenvalue weighted by Crippen LogP contribution is 2.43. The number of halogens is 1. The fourth-order valence-corrected chi connectivity index (χ4v) is 12.7. The molecule has 46 heavy (non-hydrogen) atoms. The third kappa shape index (κ3) is 5.82. The number of hydrogen-bond acceptors (Lipinski definition) is 8. The predicted octanol–water partition coefficient (Wildman–Crippen LogP) is 8.72. The van der Waals surface area contributed by atoms with Gasteiger partial charge in [-0.3, -0.25) is 0 Å². The van der Waals surface area contributed by atoms with E-state index >= 15 is 4.39 Å². The maximum absolute atomic E-state index is 16.0. The summed E-state index contributed by atoms with van der Waals surface area (Å²) in [5.41, 5.74) is 6.26. The van der Waals surface area contributed by atoms with Crippen LogP contribution < -0.4 is 15.3 Å². The van der Waals surface area contributed by atoms with Crippen molar-refractivity contribution in [1.82, 2.24) is 9.97 Å². The molecule has 244 valence electrons. The van der Waals surface area contributed by atoms with Gasteiger partial charge in [0, 0.05) is 36.2 Å². The van der Waals surface area contributed by atoms with Crippen LogP contribution >= 0.6 is 11.8 Å². The fourth-order valence-electron chi connectivity index (χ4n) is 7.13. The molecule has 1 atom stereocenters. The number of nitrogens with zero attached hydrogens (tertiary/aromatic N) is 3. The molecule has 1 saturated heterocycles. The Kier molecular flexibility index (Phi) is 9.88. The van der Waals surface area contributed by atoms with E-state index in [0.717, 1.165) is 13.0 Å². The molecule has 10 heteroatoms. The summed E-state index contributed by atoms with van der Waals surface area (Å²) in [5.74, 6) is 4.32. The number of anilines is 1. The molecule has 0 unspecified atom stereocenters. The lowest BCUT2D eigenvalue weighted by Crippen LogP contribution is -2.46. The number of rotatable bonds is 9. The molecule has 5 rings (SSSR count). The van der Waals surface area contributed by atoms with Gasteiger partial charge in [0.25, 0.3) is 0 Å². The van der Waals surface area contributed by atoms with Crippen molar-refractivity contribution in [2.45, 2.75) is 89.6 Å². The molecule has 0 aliphatic carbocycles. The first-order valence-electron chi connectivity index (χ1n) is 15.9. The van der Waals surface area contributed by atoms with Crippen LogP contribution in [0.25, 0.3) is 33.0 Å². The van der Waals surface area contributed by atoms with Crippen LogP contribution in [0, 0.1) is 24.2 Å². The molecule has 0 spiro atoms. The molecule has 0 N–H and O–H groups in total. The lowest BCUT2D eigenvalue weighted by molar-refractivity contribution is 0.0512. The summed E-state index contributed by atoms with van der Waals surface area (Å²) in [6, 6.07) is 7.03. The van der Waals surface area contributed by atoms with Crippen LogP contribution in [0.15, 0.2) is 38.6 Å². The number of aromatic nitrogens is 2. The number of fused-ring (bicyclic) bond motifs is 2. The second kappa shape index (κ2) is 13.4. The first-order valence-corrected chi connectivity index (χ1v) is 19.4. The lowest BCUT2D eigenvalue weighted by Gasteiger charge is -2.40. The number of benzene rings is 2. The minimum Gasteiger partial charge on any atom is -0.468 e. The smallest absolute Gasteiger partial charge is 0.349 e. The molecule has 0 saturated carbocycles. The van der Waals surface area contributed by atoms with Crippen molar-refractivity contribution in [1.29, 1.82) is 0 Å². The summed E-state index contributed by atoms with van der Waals surface area (Å²) in [6.45, 7) is 18.2. The van der Waals surface area contributed by atoms with E-state index in [0.29, 0.717) is 71.9 Å². The highest BCUT2D eigenvalue weighted by atomic mass is 32.2. The van der Waals surface area contributed by atoms with E-state index in [1.807, 2.05) is 19.2 Å². The van der Waals surface area contributed by atoms with Gasteiger partial charge < -0.3 is 18.8 Å². The van der Waals surface area contributed by atoms with Gasteiger partial charge in [-0.15, -0.1) is 5.54 Å². The number of aryl methyl sites for hydroxylation is 1. The first-order chi connectivity index (χ1) is 21.8. The largest absolute Gasteiger partial charge is 0.468 e. The summed E-state index contributed by atoms with van der Waals surface area (Å²) in [4.78, 5) is 25.5. The molecule has 7 nitrogen and oxygen atoms in total. The van der Waals surface area contributed by atoms with Crippen LogP contribution in [-0.2, 0) is 4.74 Å². The molecule has 2 aromatic heterocycles. The number of ether oxygens (including phenoxy) is 2. The standard InChI is InChI=1S/C36H44FN3O4SSi/c1-20(2)46(21(3)4,22(5)6)16-14-27-29(37)12-11-25-17-26(43-19-42-9)18-28(30(25)27)33-24(8)32-31(35(41)44-33)34(39-36(38-32)45-10)40-15-13-23(40)7/h11-12,17-18,20-23H,13,15,19H2,1-10H3/t23-/m1/s1. The summed E-state index contributed by atoms with van der Waals surface area (Å²) in [7, 11) is -0.653. The molecule has 4 aromatic rings. The van der Waals surface area contributed by atoms with Gasteiger partial charge in [0.2, 0.25) is 0 Å². The highest BCUT2D eigenvalue weighted by Gasteiger charge is 2.42. The molecule has 3 heterocycles. The Bertz CT molecular complexity index is 1890. The average molecular weight is 662 g/mol. The number of methoxy groups -OCH3 is 1. The van der Waals surface area contributed by atoms with Crippen molar-refractivity contribution in [3.63, 3.8) is 0 Å². The van der Waals surface area contributed by atoms with E-state index in [4.69, 9.17) is 23.9 Å². The van der Waals surface area contributed by atoms with E-state index in [2.05, 4.69) is 64.8 Å². The van der Waals surface area contributed by atoms with Gasteiger partial charge >= 0.3 is 5.63 Å². The Labute approximate surface area is 276 Å². The predicted molar refractivity (Wildman–Crippen MR) is 189 cm³/mol. The van der Waals surface area contributed by atoms with E-state index < -0.39 is 19.5 Å². The van der Waals surface area contributed by atoms with Crippen LogP contribution in [0.4, 0.5) is 10.2 Å². The third-order valence-electron chi connectivity index (χ3n) is 9.64. The molecule has 0 amide bonds. The van der Waals surface area contributed by atoms with Crippen molar-refractivity contribution in [3.05, 3.63) is 51.6 Å². The summed E-state index contributed by atoms with van der Waals surface area (Å²) in [6.07, 6.45) is 2.94. The van der Waals surface area contributed by atoms with E-state index in [9.17, 15) is 4.79 Å². The van der Waals surface area contributed by atoms with E-state index in [1.54, 1.807) is 19.2 Å². The van der Waals surface area contributed by atoms with Gasteiger partial charge in [-0.1, -0.05) is 65.3 Å². The van der Waals surface area contributed by atoms with Crippen molar-refractivity contribution >= 4 is 47.3 Å². The first kappa shape index (κ1) is 34.0. The van der Waals surface area contributed by atoms with Crippen molar-refractivity contribution in [3.8, 4) is 28.5 Å². The summed E-state index contributed by atoms with van der Waals surface area (Å²) in [5, 5.41) is 2.20. The Morgan fingerprint density at radius 1 is 1.11 bits per heavy atom. The van der Waals surface area contributed by atoms with E-state index in [-0.39, 0.29) is 18.4 Å². The SMILES string of the molecule is COCOc1cc(-c2oc(=O)c3c(N4CC[C@H]4C)nc(SC)nc3c2C)c2c(C#C[Si](C(C)C)(C(C)C)C(C)C)c(F)ccc2c1. The summed E-state index contributed by atoms with van der Waals surface area (Å²) < 4.78 is 33.2. The van der Waals surface area contributed by atoms with Gasteiger partial charge in [-0.2, -0.15) is 0 Å². The van der Waals surface area contributed by atoms with Gasteiger partial charge in [0.15, 0.2) is 11.9 Å². The van der Waals surface area contributed by atoms with Crippen molar-refractivity contribution in [2.75, 3.05) is 31.6 Å². The quantitative estimate of drug-likeness (QED) is 0.0580. The van der Waals surface area contributed by atoms with E-state index in [1.165, 1.54) is 17.8 Å². The maximum Gasteiger partial charge on any atom is 0.349 e. The van der Waals surface area contributed by atoms with Gasteiger partial charge in [0.1, 0.15) is 36.6 Å². The Morgan fingerprint density at radius 2 is 1.80 bits per heavy atom. The summed E-state index contributed by atoms with van der Waals surface area (Å²) >= 11 is 1.42. The second-order valence-electron chi connectivity index (χ2n) is 13.1. The van der Waals surface area contributed by atoms with Gasteiger partial charge in [-0.05, 0) is 66.7 Å². The monoisotopic (exact) mass is 661 g/mol. The minimum atomic E-state index is -2.20. The Hall–Kier alpha value is -3.39. The second-order valence-corrected chi connectivity index (χ2v) is 19.5. The zero-order valence-electron chi connectivity index (χ0n) is 28.5. The van der Waals surface area contributed by atoms with Crippen molar-refractivity contribution < 1.29 is 18.3 Å². The lowest BCUT2D eigenvalue weighted by atomic mass is 9.95. The normalized spacial score (nSPS) is 15.2. The molecule has 0 bridgehead atoms. The molecule has 1 aliphatic heterocycles. The Balaban J connectivity index is 1.87. The van der Waals surface area contributed by atoms with Crippen LogP contribution in [0.2, 0.25) is 16.6 Å². The molecule has 0 radical (unpaired) electrons. The van der Waals surface area contributed by atoms with Gasteiger partial charge in [0.05, 0.1) is 11.1 Å². The number of hydrogen-bond donors (Lipinski definition) is 0. The number of thioether (sulfide) groups is 1. The molecular weight excluding hydrogens is 618 g/mol. The highest BCUT2D eigenvalue weighted by molar-refractivity contribution is 7.98. The maximum atomic E-state index is 16.0. The molecule has 2 aromatic carbocycles. The Morgan fingerprint density at radius 3 is 2.37 bits per heavy atom. The molecular formula is C36H44FN3O4SSi. The molecule has 1 fully saturated rings. The van der Waals surface area contributed by atoms with Crippen molar-refractivity contribution in [2.24, 2.45) is 0 Å². The minimum absolute atomic E-state index is 0.0203. The topological polar surface area (TPSA) is 77.7 Å². The van der Waals surface area contributed by atoms with Crippen LogP contribution in [0.1, 0.15) is 66.0 Å². The zero-order chi connectivity index (χ0) is 33.5. The van der Waals surface area contributed by atoms with Crippen LogP contribution in [0.5, 0.6) is 5.75 Å². The van der Waals surface area contributed by atoms with Crippen LogP contribution in [-0.4, -0.2) is 50.8 Å². The zero-order valence-corrected chi connectivity index (χ0v) is 30.3. The average Bonchev–Trinajstić information content (AvgIpc) is 3.00. The third-order valence-corrected chi connectivity index (χ3v) is 16.5. The fraction of sp³-hybridized carbons (Fsp3) is 0.472. The van der Waals surface area contributed by atoms with Crippen LogP contribution in [0.3, 0.4) is 0 Å². The van der Waals surface area contributed by atoms with Gasteiger partial charge in [-0.25, -0.2) is 19.2 Å².